The Bertz CT molecular complexity index is 819. The zero-order valence-electron chi connectivity index (χ0n) is 15.0. The lowest BCUT2D eigenvalue weighted by molar-refractivity contribution is -0.383. The summed E-state index contributed by atoms with van der Waals surface area (Å²) < 4.78 is 10.6. The fraction of sp³-hybridized carbons (Fsp3) is 0.263. The van der Waals surface area contributed by atoms with Gasteiger partial charge in [-0.25, -0.2) is 4.79 Å². The van der Waals surface area contributed by atoms with E-state index in [0.29, 0.717) is 12.4 Å². The van der Waals surface area contributed by atoms with Crippen LogP contribution < -0.4 is 10.1 Å². The largest absolute Gasteiger partial charge is 0.494 e. The SMILES string of the molecule is CCCOc1ccc(C(=O)O[C@H](C)C(=O)Nc2ccccc2[N+](=O)[O-])cc1. The van der Waals surface area contributed by atoms with E-state index in [4.69, 9.17) is 9.47 Å². The Morgan fingerprint density at radius 1 is 1.15 bits per heavy atom. The summed E-state index contributed by atoms with van der Waals surface area (Å²) in [5.74, 6) is -0.710. The first kappa shape index (κ1) is 19.9. The summed E-state index contributed by atoms with van der Waals surface area (Å²) in [7, 11) is 0. The highest BCUT2D eigenvalue weighted by Crippen LogP contribution is 2.23. The molecule has 0 radical (unpaired) electrons. The molecule has 142 valence electrons. The fourth-order valence-electron chi connectivity index (χ4n) is 2.16. The van der Waals surface area contributed by atoms with Gasteiger partial charge in [-0.15, -0.1) is 0 Å². The number of anilines is 1. The number of ether oxygens (including phenoxy) is 2. The van der Waals surface area contributed by atoms with Crippen molar-refractivity contribution >= 4 is 23.3 Å². The van der Waals surface area contributed by atoms with Gasteiger partial charge in [0.15, 0.2) is 6.10 Å². The van der Waals surface area contributed by atoms with Gasteiger partial charge in [0.05, 0.1) is 17.1 Å². The van der Waals surface area contributed by atoms with E-state index in [9.17, 15) is 19.7 Å². The Labute approximate surface area is 156 Å². The lowest BCUT2D eigenvalue weighted by atomic mass is 10.2. The lowest BCUT2D eigenvalue weighted by Crippen LogP contribution is -2.30. The molecule has 1 N–H and O–H groups in total. The molecule has 0 bridgehead atoms. The number of benzene rings is 2. The van der Waals surface area contributed by atoms with Crippen LogP contribution in [0.3, 0.4) is 0 Å². The molecule has 2 rings (SSSR count). The van der Waals surface area contributed by atoms with Crippen molar-refractivity contribution in [3.05, 3.63) is 64.2 Å². The molecule has 8 heteroatoms. The molecular formula is C19H20N2O6. The molecule has 0 unspecified atom stereocenters. The first-order valence-electron chi connectivity index (χ1n) is 8.40. The second-order valence-corrected chi connectivity index (χ2v) is 5.68. The monoisotopic (exact) mass is 372 g/mol. The zero-order chi connectivity index (χ0) is 19.8. The van der Waals surface area contributed by atoms with E-state index in [2.05, 4.69) is 5.32 Å². The maximum absolute atomic E-state index is 12.2. The summed E-state index contributed by atoms with van der Waals surface area (Å²) in [6.07, 6.45) is -0.260. The first-order chi connectivity index (χ1) is 12.9. The van der Waals surface area contributed by atoms with Crippen LogP contribution in [0.15, 0.2) is 48.5 Å². The van der Waals surface area contributed by atoms with E-state index >= 15 is 0 Å². The molecule has 0 aliphatic rings. The number of nitrogens with one attached hydrogen (secondary N) is 1. The van der Waals surface area contributed by atoms with E-state index in [0.717, 1.165) is 6.42 Å². The molecular weight excluding hydrogens is 352 g/mol. The molecule has 2 aromatic rings. The van der Waals surface area contributed by atoms with Gasteiger partial charge in [-0.05, 0) is 43.7 Å². The van der Waals surface area contributed by atoms with E-state index in [1.165, 1.54) is 25.1 Å². The third kappa shape index (κ3) is 5.53. The van der Waals surface area contributed by atoms with Gasteiger partial charge in [-0.3, -0.25) is 14.9 Å². The summed E-state index contributed by atoms with van der Waals surface area (Å²) in [4.78, 5) is 34.7. The van der Waals surface area contributed by atoms with Crippen LogP contribution in [-0.2, 0) is 9.53 Å². The molecule has 0 aliphatic carbocycles. The minimum atomic E-state index is -1.13. The molecule has 0 aliphatic heterocycles. The predicted molar refractivity (Wildman–Crippen MR) is 98.8 cm³/mol. The smallest absolute Gasteiger partial charge is 0.338 e. The minimum Gasteiger partial charge on any atom is -0.494 e. The highest BCUT2D eigenvalue weighted by molar-refractivity contribution is 5.98. The lowest BCUT2D eigenvalue weighted by Gasteiger charge is -2.14. The van der Waals surface area contributed by atoms with Crippen molar-refractivity contribution in [2.75, 3.05) is 11.9 Å². The van der Waals surface area contributed by atoms with Gasteiger partial charge in [0, 0.05) is 6.07 Å². The summed E-state index contributed by atoms with van der Waals surface area (Å²) >= 11 is 0. The number of nitro benzene ring substituents is 1. The average Bonchev–Trinajstić information content (AvgIpc) is 2.66. The van der Waals surface area contributed by atoms with Crippen LogP contribution in [0.1, 0.15) is 30.6 Å². The maximum Gasteiger partial charge on any atom is 0.338 e. The molecule has 2 aromatic carbocycles. The van der Waals surface area contributed by atoms with Crippen LogP contribution in [0, 0.1) is 10.1 Å². The van der Waals surface area contributed by atoms with Gasteiger partial charge in [-0.1, -0.05) is 19.1 Å². The molecule has 0 aromatic heterocycles. The molecule has 0 heterocycles. The Morgan fingerprint density at radius 2 is 1.81 bits per heavy atom. The number of para-hydroxylation sites is 2. The van der Waals surface area contributed by atoms with Crippen LogP contribution >= 0.6 is 0 Å². The summed E-state index contributed by atoms with van der Waals surface area (Å²) in [6, 6.07) is 12.1. The van der Waals surface area contributed by atoms with Crippen molar-refractivity contribution in [1.82, 2.24) is 0 Å². The summed E-state index contributed by atoms with van der Waals surface area (Å²) in [5, 5.41) is 13.4. The van der Waals surface area contributed by atoms with Crippen molar-refractivity contribution in [1.29, 1.82) is 0 Å². The number of amides is 1. The van der Waals surface area contributed by atoms with Crippen LogP contribution in [0.25, 0.3) is 0 Å². The quantitative estimate of drug-likeness (QED) is 0.431. The summed E-state index contributed by atoms with van der Waals surface area (Å²) in [6.45, 7) is 3.95. The van der Waals surface area contributed by atoms with Gasteiger partial charge in [0.25, 0.3) is 11.6 Å². The number of carbonyl (C=O) groups is 2. The normalized spacial score (nSPS) is 11.3. The first-order valence-corrected chi connectivity index (χ1v) is 8.40. The van der Waals surface area contributed by atoms with E-state index in [1.54, 1.807) is 30.3 Å². The Balaban J connectivity index is 1.97. The zero-order valence-corrected chi connectivity index (χ0v) is 15.0. The van der Waals surface area contributed by atoms with E-state index < -0.39 is 22.9 Å². The van der Waals surface area contributed by atoms with E-state index in [-0.39, 0.29) is 16.9 Å². The van der Waals surface area contributed by atoms with Crippen LogP contribution in [-0.4, -0.2) is 29.5 Å². The highest BCUT2D eigenvalue weighted by atomic mass is 16.6. The number of nitrogens with zero attached hydrogens (tertiary/aromatic N) is 1. The number of esters is 1. The number of carbonyl (C=O) groups excluding carboxylic acids is 2. The molecule has 1 atom stereocenters. The van der Waals surface area contributed by atoms with Gasteiger partial charge in [-0.2, -0.15) is 0 Å². The number of rotatable bonds is 8. The Kier molecular flexibility index (Phi) is 6.87. The topological polar surface area (TPSA) is 108 Å². The van der Waals surface area contributed by atoms with Gasteiger partial charge in [0.2, 0.25) is 0 Å². The number of nitro groups is 1. The molecule has 0 saturated carbocycles. The standard InChI is InChI=1S/C19H20N2O6/c1-3-12-26-15-10-8-14(9-11-15)19(23)27-13(2)18(22)20-16-6-4-5-7-17(16)21(24)25/h4-11,13H,3,12H2,1-2H3,(H,20,22)/t13-/m1/s1. The molecule has 0 saturated heterocycles. The number of hydrogen-bond acceptors (Lipinski definition) is 6. The predicted octanol–water partition coefficient (Wildman–Crippen LogP) is 3.57. The molecule has 1 amide bonds. The van der Waals surface area contributed by atoms with Gasteiger partial charge >= 0.3 is 5.97 Å². The second kappa shape index (κ2) is 9.33. The molecule has 8 nitrogen and oxygen atoms in total. The maximum atomic E-state index is 12.2. The third-order valence-electron chi connectivity index (χ3n) is 3.57. The van der Waals surface area contributed by atoms with Crippen LogP contribution in [0.2, 0.25) is 0 Å². The average molecular weight is 372 g/mol. The van der Waals surface area contributed by atoms with Crippen molar-refractivity contribution in [2.24, 2.45) is 0 Å². The van der Waals surface area contributed by atoms with Crippen molar-refractivity contribution in [3.8, 4) is 5.75 Å². The van der Waals surface area contributed by atoms with Crippen molar-refractivity contribution in [2.45, 2.75) is 26.4 Å². The number of hydrogen-bond donors (Lipinski definition) is 1. The third-order valence-corrected chi connectivity index (χ3v) is 3.57. The molecule has 0 fully saturated rings. The molecule has 27 heavy (non-hydrogen) atoms. The fourth-order valence-corrected chi connectivity index (χ4v) is 2.16. The molecule has 0 spiro atoms. The van der Waals surface area contributed by atoms with Crippen molar-refractivity contribution in [3.63, 3.8) is 0 Å². The highest BCUT2D eigenvalue weighted by Gasteiger charge is 2.22. The van der Waals surface area contributed by atoms with Crippen LogP contribution in [0.5, 0.6) is 5.75 Å². The van der Waals surface area contributed by atoms with Gasteiger partial charge in [0.1, 0.15) is 11.4 Å². The van der Waals surface area contributed by atoms with Crippen molar-refractivity contribution < 1.29 is 24.0 Å². The van der Waals surface area contributed by atoms with E-state index in [1.807, 2.05) is 6.92 Å². The minimum absolute atomic E-state index is 0.0350. The van der Waals surface area contributed by atoms with Crippen LogP contribution in [0.4, 0.5) is 11.4 Å². The second-order valence-electron chi connectivity index (χ2n) is 5.68. The van der Waals surface area contributed by atoms with Gasteiger partial charge < -0.3 is 14.8 Å². The Morgan fingerprint density at radius 3 is 2.44 bits per heavy atom. The summed E-state index contributed by atoms with van der Waals surface area (Å²) in [5.41, 5.74) is 0.0593. The Hall–Kier alpha value is -3.42.